The summed E-state index contributed by atoms with van der Waals surface area (Å²) in [6, 6.07) is 0. The van der Waals surface area contributed by atoms with Gasteiger partial charge in [0.1, 0.15) is 23.6 Å². The van der Waals surface area contributed by atoms with Crippen molar-refractivity contribution in [2.75, 3.05) is 14.2 Å². The molecule has 10 nitrogen and oxygen atoms in total. The molecule has 0 aromatic carbocycles. The molecule has 0 radical (unpaired) electrons. The Balaban J connectivity index is 2.52. The van der Waals surface area contributed by atoms with E-state index >= 15 is 0 Å². The molecule has 0 spiro atoms. The number of hydrogen-bond acceptors (Lipinski definition) is 10. The van der Waals surface area contributed by atoms with E-state index < -0.39 is 77.3 Å². The lowest BCUT2D eigenvalue weighted by Crippen LogP contribution is -2.58. The predicted molar refractivity (Wildman–Crippen MR) is 148 cm³/mol. The van der Waals surface area contributed by atoms with Gasteiger partial charge in [-0.1, -0.05) is 27.7 Å². The Bertz CT molecular complexity index is 863. The van der Waals surface area contributed by atoms with E-state index in [1.165, 1.54) is 14.0 Å². The average molecular weight is 575 g/mol. The predicted octanol–water partition coefficient (Wildman–Crippen LogP) is 3.02. The number of rotatable bonds is 5. The molecule has 0 unspecified atom stereocenters. The van der Waals surface area contributed by atoms with E-state index in [4.69, 9.17) is 23.7 Å². The second kappa shape index (κ2) is 13.4. The van der Waals surface area contributed by atoms with Crippen molar-refractivity contribution >= 4 is 11.8 Å². The summed E-state index contributed by atoms with van der Waals surface area (Å²) in [5.74, 6) is -3.18. The Kier molecular flexibility index (Phi) is 11.8. The average Bonchev–Trinajstić information content (AvgIpc) is 2.90. The van der Waals surface area contributed by atoms with Gasteiger partial charge in [0.2, 0.25) is 0 Å². The fraction of sp³-hybridized carbons (Fsp3) is 0.933. The molecule has 13 atom stereocenters. The van der Waals surface area contributed by atoms with E-state index in [1.54, 1.807) is 48.7 Å². The van der Waals surface area contributed by atoms with Crippen LogP contribution in [0.1, 0.15) is 88.0 Å². The van der Waals surface area contributed by atoms with Gasteiger partial charge in [-0.25, -0.2) is 0 Å². The van der Waals surface area contributed by atoms with E-state index in [2.05, 4.69) is 0 Å². The van der Waals surface area contributed by atoms with Gasteiger partial charge in [0, 0.05) is 32.5 Å². The summed E-state index contributed by atoms with van der Waals surface area (Å²) in [5, 5.41) is 33.1. The fourth-order valence-electron chi connectivity index (χ4n) is 6.61. The number of ketones is 1. The van der Waals surface area contributed by atoms with Crippen molar-refractivity contribution in [2.24, 2.45) is 23.7 Å². The smallest absolute Gasteiger partial charge is 0.311 e. The van der Waals surface area contributed by atoms with Crippen molar-refractivity contribution in [3.05, 3.63) is 0 Å². The molecule has 40 heavy (non-hydrogen) atoms. The Morgan fingerprint density at radius 1 is 0.900 bits per heavy atom. The monoisotopic (exact) mass is 574 g/mol. The Hall–Kier alpha value is -1.14. The van der Waals surface area contributed by atoms with Crippen molar-refractivity contribution in [3.63, 3.8) is 0 Å². The van der Waals surface area contributed by atoms with Gasteiger partial charge in [0.25, 0.3) is 0 Å². The Labute approximate surface area is 240 Å². The van der Waals surface area contributed by atoms with E-state index in [0.29, 0.717) is 12.8 Å². The first-order valence-corrected chi connectivity index (χ1v) is 14.6. The van der Waals surface area contributed by atoms with E-state index in [1.807, 2.05) is 13.8 Å². The third-order valence-electron chi connectivity index (χ3n) is 9.48. The molecule has 2 heterocycles. The molecule has 234 valence electrons. The Morgan fingerprint density at radius 3 is 2.02 bits per heavy atom. The lowest BCUT2D eigenvalue weighted by atomic mass is 9.75. The summed E-state index contributed by atoms with van der Waals surface area (Å²) in [6.45, 7) is 15.7. The van der Waals surface area contributed by atoms with Crippen LogP contribution in [-0.2, 0) is 33.3 Å². The third kappa shape index (κ3) is 7.43. The van der Waals surface area contributed by atoms with Gasteiger partial charge in [0.15, 0.2) is 6.29 Å². The fourth-order valence-corrected chi connectivity index (χ4v) is 6.61. The molecule has 0 bridgehead atoms. The largest absolute Gasteiger partial charge is 0.459 e. The van der Waals surface area contributed by atoms with Crippen molar-refractivity contribution in [1.29, 1.82) is 0 Å². The number of carbonyl (C=O) groups excluding carboxylic acids is 2. The van der Waals surface area contributed by atoms with Gasteiger partial charge in [0.05, 0.1) is 35.4 Å². The molecule has 10 heteroatoms. The first kappa shape index (κ1) is 35.1. The van der Waals surface area contributed by atoms with Gasteiger partial charge in [-0.15, -0.1) is 0 Å². The minimum Gasteiger partial charge on any atom is -0.459 e. The lowest BCUT2D eigenvalue weighted by Gasteiger charge is -2.46. The molecule has 2 aliphatic heterocycles. The minimum absolute atomic E-state index is 0.204. The molecular formula is C30H54O10. The van der Waals surface area contributed by atoms with E-state index in [9.17, 15) is 24.9 Å². The molecule has 0 amide bonds. The zero-order valence-corrected chi connectivity index (χ0v) is 26.3. The minimum atomic E-state index is -1.87. The van der Waals surface area contributed by atoms with Crippen LogP contribution in [0.2, 0.25) is 0 Å². The summed E-state index contributed by atoms with van der Waals surface area (Å²) in [5.41, 5.74) is -3.53. The highest BCUT2D eigenvalue weighted by Gasteiger charge is 2.50. The molecule has 0 aromatic rings. The van der Waals surface area contributed by atoms with Crippen LogP contribution in [0.25, 0.3) is 0 Å². The molecule has 2 rings (SSSR count). The summed E-state index contributed by atoms with van der Waals surface area (Å²) in [7, 11) is 3.12. The zero-order valence-electron chi connectivity index (χ0n) is 26.3. The van der Waals surface area contributed by atoms with Crippen LogP contribution in [0.15, 0.2) is 0 Å². The van der Waals surface area contributed by atoms with Crippen molar-refractivity contribution in [2.45, 2.75) is 142 Å². The van der Waals surface area contributed by atoms with Crippen LogP contribution in [0, 0.1) is 23.7 Å². The highest BCUT2D eigenvalue weighted by molar-refractivity contribution is 5.83. The maximum Gasteiger partial charge on any atom is 0.311 e. The number of aliphatic hydroxyl groups excluding tert-OH is 2. The first-order chi connectivity index (χ1) is 18.4. The molecule has 2 saturated heterocycles. The SMILES string of the molecule is CC[C@H]1OC(=O)[C@H](C)[C@@H](O[C@H]2C[C@@](C)(OC)[C@@H](O)[C@H](C)O2)[C@H](C)C[C@](C)(OC)C[C@@H](C)C(=O)[C@H](C)[C@@H](O)[C@]1(C)O. The van der Waals surface area contributed by atoms with Crippen LogP contribution in [0.4, 0.5) is 0 Å². The Morgan fingerprint density at radius 2 is 1.50 bits per heavy atom. The van der Waals surface area contributed by atoms with Gasteiger partial charge in [-0.3, -0.25) is 9.59 Å². The number of hydrogen-bond donors (Lipinski definition) is 3. The zero-order chi connectivity index (χ0) is 30.8. The van der Waals surface area contributed by atoms with Crippen molar-refractivity contribution in [3.8, 4) is 0 Å². The topological polar surface area (TPSA) is 141 Å². The third-order valence-corrected chi connectivity index (χ3v) is 9.48. The van der Waals surface area contributed by atoms with E-state index in [-0.39, 0.29) is 24.5 Å². The van der Waals surface area contributed by atoms with Crippen LogP contribution in [0.3, 0.4) is 0 Å². The highest BCUT2D eigenvalue weighted by atomic mass is 16.7. The molecule has 2 aliphatic rings. The summed E-state index contributed by atoms with van der Waals surface area (Å²) >= 11 is 0. The van der Waals surface area contributed by atoms with Gasteiger partial charge < -0.3 is 39.0 Å². The van der Waals surface area contributed by atoms with Gasteiger partial charge in [-0.05, 0) is 59.8 Å². The summed E-state index contributed by atoms with van der Waals surface area (Å²) in [4.78, 5) is 27.0. The molecular weight excluding hydrogens is 520 g/mol. The number of carbonyl (C=O) groups is 2. The maximum absolute atomic E-state index is 13.6. The number of methoxy groups -OCH3 is 2. The standard InChI is InChI=1S/C30H54O10/c1-12-21-30(9,35)25(32)18(4)23(31)16(2)13-28(7,36-10)14-17(3)24(19(5)27(34)39-21)40-22-15-29(8,37-11)26(33)20(6)38-22/h16-22,24-26,32-33,35H,12-15H2,1-11H3/t16-,17-,18+,19-,20+,21-,22+,24+,25-,26+,28-,29-,30-/m1/s1. The number of esters is 1. The van der Waals surface area contributed by atoms with Crippen LogP contribution in [0.5, 0.6) is 0 Å². The number of aliphatic hydroxyl groups is 3. The molecule has 3 N–H and O–H groups in total. The molecule has 0 aromatic heterocycles. The second-order valence-corrected chi connectivity index (χ2v) is 13.0. The number of ether oxygens (including phenoxy) is 5. The second-order valence-electron chi connectivity index (χ2n) is 13.0. The highest BCUT2D eigenvalue weighted by Crippen LogP contribution is 2.39. The van der Waals surface area contributed by atoms with Crippen molar-refractivity contribution in [1.82, 2.24) is 0 Å². The normalized spacial score (nSPS) is 48.4. The maximum atomic E-state index is 13.6. The molecule has 2 fully saturated rings. The first-order valence-electron chi connectivity index (χ1n) is 14.6. The summed E-state index contributed by atoms with van der Waals surface area (Å²) in [6.07, 6.45) is -4.10. The number of cyclic esters (lactones) is 1. The van der Waals surface area contributed by atoms with E-state index in [0.717, 1.165) is 0 Å². The molecule has 0 aliphatic carbocycles. The van der Waals surface area contributed by atoms with Crippen molar-refractivity contribution < 1.29 is 48.6 Å². The van der Waals surface area contributed by atoms with Crippen LogP contribution < -0.4 is 0 Å². The number of Topliss-reactive ketones (excluding diaryl/α,β-unsaturated/α-hetero) is 1. The van der Waals surface area contributed by atoms with Crippen LogP contribution >= 0.6 is 0 Å². The lowest BCUT2D eigenvalue weighted by molar-refractivity contribution is -0.296. The van der Waals surface area contributed by atoms with Gasteiger partial charge >= 0.3 is 5.97 Å². The van der Waals surface area contributed by atoms with Gasteiger partial charge in [-0.2, -0.15) is 0 Å². The molecule has 0 saturated carbocycles. The quantitative estimate of drug-likeness (QED) is 0.420. The summed E-state index contributed by atoms with van der Waals surface area (Å²) < 4.78 is 29.9. The van der Waals surface area contributed by atoms with Crippen LogP contribution in [-0.4, -0.2) is 94.9 Å².